The number of halogens is 2. The molecule has 1 amide bonds. The number of aliphatic carboxylic acids is 1. The van der Waals surface area contributed by atoms with Crippen LogP contribution in [-0.4, -0.2) is 34.5 Å². The van der Waals surface area contributed by atoms with E-state index in [4.69, 9.17) is 11.6 Å². The number of carbonyl (C=O) groups excluding carboxylic acids is 1. The summed E-state index contributed by atoms with van der Waals surface area (Å²) in [5, 5.41) is 9.57. The van der Waals surface area contributed by atoms with Crippen LogP contribution in [0.3, 0.4) is 0 Å². The third-order valence-electron chi connectivity index (χ3n) is 3.99. The Bertz CT molecular complexity index is 564. The molecule has 1 aliphatic rings. The number of carbonyl (C=O) groups is 2. The molecule has 0 spiro atoms. The second-order valence-corrected chi connectivity index (χ2v) is 5.71. The summed E-state index contributed by atoms with van der Waals surface area (Å²) in [6, 6.07) is 2.80. The van der Waals surface area contributed by atoms with E-state index in [9.17, 15) is 19.1 Å². The van der Waals surface area contributed by atoms with Gasteiger partial charge in [-0.15, -0.1) is 0 Å². The molecular weight excluding hydrogens is 297 g/mol. The minimum absolute atomic E-state index is 0.177. The maximum Gasteiger partial charge on any atom is 0.326 e. The monoisotopic (exact) mass is 313 g/mol. The number of carboxylic acids is 1. The van der Waals surface area contributed by atoms with Gasteiger partial charge in [0.1, 0.15) is 11.9 Å². The van der Waals surface area contributed by atoms with Crippen molar-refractivity contribution < 1.29 is 19.1 Å². The highest BCUT2D eigenvalue weighted by atomic mass is 35.5. The molecule has 0 aliphatic carbocycles. The summed E-state index contributed by atoms with van der Waals surface area (Å²) in [5.74, 6) is -2.08. The summed E-state index contributed by atoms with van der Waals surface area (Å²) >= 11 is 5.79. The number of piperidine rings is 1. The normalized spacial score (nSPS) is 22.1. The zero-order valence-corrected chi connectivity index (χ0v) is 12.4. The van der Waals surface area contributed by atoms with Gasteiger partial charge in [-0.1, -0.05) is 24.9 Å². The van der Waals surface area contributed by atoms with Gasteiger partial charge in [0.15, 0.2) is 0 Å². The van der Waals surface area contributed by atoms with Crippen molar-refractivity contribution in [3.63, 3.8) is 0 Å². The van der Waals surface area contributed by atoms with Gasteiger partial charge in [-0.25, -0.2) is 9.18 Å². The van der Waals surface area contributed by atoms with Crippen LogP contribution in [0.15, 0.2) is 18.2 Å². The van der Waals surface area contributed by atoms with Crippen molar-refractivity contribution in [1.82, 2.24) is 4.90 Å². The Morgan fingerprint density at radius 3 is 2.81 bits per heavy atom. The van der Waals surface area contributed by atoms with Gasteiger partial charge in [0.2, 0.25) is 0 Å². The van der Waals surface area contributed by atoms with E-state index in [-0.39, 0.29) is 16.5 Å². The van der Waals surface area contributed by atoms with Gasteiger partial charge in [-0.2, -0.15) is 0 Å². The molecule has 2 rings (SSSR count). The van der Waals surface area contributed by atoms with Crippen LogP contribution in [0.1, 0.15) is 36.5 Å². The number of nitrogens with zero attached hydrogens (tertiary/aromatic N) is 1. The van der Waals surface area contributed by atoms with Crippen molar-refractivity contribution in [2.45, 2.75) is 32.2 Å². The van der Waals surface area contributed by atoms with E-state index >= 15 is 0 Å². The summed E-state index contributed by atoms with van der Waals surface area (Å²) in [4.78, 5) is 25.1. The van der Waals surface area contributed by atoms with Gasteiger partial charge in [0.25, 0.3) is 5.91 Å². The van der Waals surface area contributed by atoms with Crippen molar-refractivity contribution in [2.75, 3.05) is 6.54 Å². The van der Waals surface area contributed by atoms with Gasteiger partial charge in [-0.05, 0) is 37.0 Å². The van der Waals surface area contributed by atoms with Gasteiger partial charge < -0.3 is 10.0 Å². The summed E-state index contributed by atoms with van der Waals surface area (Å²) in [6.45, 7) is 2.32. The number of carboxylic acid groups (broad SMARTS) is 1. The zero-order valence-electron chi connectivity index (χ0n) is 11.7. The highest BCUT2D eigenvalue weighted by Gasteiger charge is 2.36. The smallest absolute Gasteiger partial charge is 0.326 e. The van der Waals surface area contributed by atoms with Crippen molar-refractivity contribution in [2.24, 2.45) is 5.92 Å². The first-order valence-electron chi connectivity index (χ1n) is 6.92. The van der Waals surface area contributed by atoms with Crippen LogP contribution < -0.4 is 0 Å². The predicted molar refractivity (Wildman–Crippen MR) is 76.9 cm³/mol. The van der Waals surface area contributed by atoms with Crippen molar-refractivity contribution >= 4 is 23.5 Å². The Labute approximate surface area is 127 Å². The second-order valence-electron chi connectivity index (χ2n) is 5.28. The lowest BCUT2D eigenvalue weighted by Crippen LogP contribution is -2.50. The first-order valence-corrected chi connectivity index (χ1v) is 7.30. The van der Waals surface area contributed by atoms with Gasteiger partial charge in [0, 0.05) is 11.6 Å². The quantitative estimate of drug-likeness (QED) is 0.932. The molecule has 1 aromatic carbocycles. The topological polar surface area (TPSA) is 57.6 Å². The molecule has 0 bridgehead atoms. The maximum absolute atomic E-state index is 13.8. The van der Waals surface area contributed by atoms with Crippen LogP contribution in [-0.2, 0) is 4.79 Å². The molecule has 6 heteroatoms. The third-order valence-corrected chi connectivity index (χ3v) is 4.23. The summed E-state index contributed by atoms with van der Waals surface area (Å²) < 4.78 is 13.8. The van der Waals surface area contributed by atoms with Crippen LogP contribution >= 0.6 is 11.6 Å². The van der Waals surface area contributed by atoms with E-state index in [0.29, 0.717) is 13.0 Å². The van der Waals surface area contributed by atoms with Crippen molar-refractivity contribution in [1.29, 1.82) is 0 Å². The molecule has 1 N–H and O–H groups in total. The third kappa shape index (κ3) is 3.35. The first kappa shape index (κ1) is 15.8. The lowest BCUT2D eigenvalue weighted by Gasteiger charge is -2.37. The Kier molecular flexibility index (Phi) is 4.83. The van der Waals surface area contributed by atoms with Gasteiger partial charge in [-0.3, -0.25) is 4.79 Å². The predicted octanol–water partition coefficient (Wildman–Crippen LogP) is 3.19. The fourth-order valence-corrected chi connectivity index (χ4v) is 2.87. The molecule has 1 aromatic rings. The average molecular weight is 314 g/mol. The number of hydrogen-bond donors (Lipinski definition) is 1. The van der Waals surface area contributed by atoms with Crippen LogP contribution in [0.4, 0.5) is 4.39 Å². The molecule has 4 nitrogen and oxygen atoms in total. The molecule has 0 saturated carbocycles. The molecule has 0 aromatic heterocycles. The minimum Gasteiger partial charge on any atom is -0.480 e. The Balaban J connectivity index is 2.28. The van der Waals surface area contributed by atoms with E-state index in [1.54, 1.807) is 0 Å². The molecule has 21 heavy (non-hydrogen) atoms. The van der Waals surface area contributed by atoms with Crippen molar-refractivity contribution in [3.8, 4) is 0 Å². The standard InChI is InChI=1S/C15H17ClFNO3/c1-2-9-5-6-18(13(7-9)15(20)21)14(19)11-8-10(16)3-4-12(11)17/h3-4,8-9,13H,2,5-7H2,1H3,(H,20,21). The van der Waals surface area contributed by atoms with E-state index in [1.807, 2.05) is 6.92 Å². The SMILES string of the molecule is CCC1CCN(C(=O)c2cc(Cl)ccc2F)C(C(=O)O)C1. The van der Waals surface area contributed by atoms with Crippen molar-refractivity contribution in [3.05, 3.63) is 34.6 Å². The van der Waals surface area contributed by atoms with E-state index in [2.05, 4.69) is 0 Å². The number of hydrogen-bond acceptors (Lipinski definition) is 2. The Hall–Kier alpha value is -1.62. The highest BCUT2D eigenvalue weighted by Crippen LogP contribution is 2.28. The Morgan fingerprint density at radius 2 is 2.19 bits per heavy atom. The molecule has 0 radical (unpaired) electrons. The number of likely N-dealkylation sites (tertiary alicyclic amines) is 1. The van der Waals surface area contributed by atoms with Crippen LogP contribution in [0.2, 0.25) is 5.02 Å². The van der Waals surface area contributed by atoms with Crippen LogP contribution in [0, 0.1) is 11.7 Å². The van der Waals surface area contributed by atoms with E-state index < -0.39 is 23.7 Å². The number of rotatable bonds is 3. The minimum atomic E-state index is -1.05. The summed E-state index contributed by atoms with van der Waals surface area (Å²) in [7, 11) is 0. The zero-order chi connectivity index (χ0) is 15.6. The molecule has 1 heterocycles. The van der Waals surface area contributed by atoms with Gasteiger partial charge in [0.05, 0.1) is 5.56 Å². The first-order chi connectivity index (χ1) is 9.93. The maximum atomic E-state index is 13.8. The van der Waals surface area contributed by atoms with Gasteiger partial charge >= 0.3 is 5.97 Å². The molecule has 114 valence electrons. The van der Waals surface area contributed by atoms with Crippen LogP contribution in [0.25, 0.3) is 0 Å². The van der Waals surface area contributed by atoms with E-state index in [1.165, 1.54) is 17.0 Å². The largest absolute Gasteiger partial charge is 0.480 e. The van der Waals surface area contributed by atoms with Crippen LogP contribution in [0.5, 0.6) is 0 Å². The molecule has 1 aliphatic heterocycles. The molecule has 1 fully saturated rings. The van der Waals surface area contributed by atoms with E-state index in [0.717, 1.165) is 18.9 Å². The molecule has 2 unspecified atom stereocenters. The fourth-order valence-electron chi connectivity index (χ4n) is 2.70. The summed E-state index contributed by atoms with van der Waals surface area (Å²) in [5.41, 5.74) is -0.177. The molecule has 2 atom stereocenters. The lowest BCUT2D eigenvalue weighted by atomic mass is 9.88. The Morgan fingerprint density at radius 1 is 1.48 bits per heavy atom. The number of benzene rings is 1. The number of amides is 1. The molecular formula is C15H17ClFNO3. The molecule has 1 saturated heterocycles. The summed E-state index contributed by atoms with van der Waals surface area (Å²) in [6.07, 6.45) is 2.01. The second kappa shape index (κ2) is 6.43. The fraction of sp³-hybridized carbons (Fsp3) is 0.467. The lowest BCUT2D eigenvalue weighted by molar-refractivity contribution is -0.144. The highest BCUT2D eigenvalue weighted by molar-refractivity contribution is 6.31. The average Bonchev–Trinajstić information content (AvgIpc) is 2.48.